The van der Waals surface area contributed by atoms with Crippen molar-refractivity contribution in [3.63, 3.8) is 0 Å². The van der Waals surface area contributed by atoms with Crippen LogP contribution in [0.2, 0.25) is 0 Å². The van der Waals surface area contributed by atoms with Crippen LogP contribution in [-0.4, -0.2) is 45.8 Å². The molecule has 7 nitrogen and oxygen atoms in total. The number of imidazole rings is 1. The Bertz CT molecular complexity index is 1170. The molecule has 2 aliphatic rings. The van der Waals surface area contributed by atoms with Crippen LogP contribution in [0.1, 0.15) is 44.0 Å². The number of nitrogens with zero attached hydrogens (tertiary/aromatic N) is 3. The molecule has 0 bridgehead atoms. The molecule has 1 saturated carbocycles. The predicted molar refractivity (Wildman–Crippen MR) is 117 cm³/mol. The molecule has 1 aromatic carbocycles. The van der Waals surface area contributed by atoms with E-state index in [1.54, 1.807) is 32.9 Å². The fourth-order valence-electron chi connectivity index (χ4n) is 4.88. The highest BCUT2D eigenvalue weighted by Crippen LogP contribution is 2.59. The van der Waals surface area contributed by atoms with Crippen LogP contribution in [-0.2, 0) is 22.4 Å². The van der Waals surface area contributed by atoms with Crippen molar-refractivity contribution in [2.24, 2.45) is 11.3 Å². The molecule has 0 unspecified atom stereocenters. The third-order valence-corrected chi connectivity index (χ3v) is 7.24. The van der Waals surface area contributed by atoms with E-state index < -0.39 is 5.60 Å². The maximum absolute atomic E-state index is 12.9. The molecule has 30 heavy (non-hydrogen) atoms. The quantitative estimate of drug-likeness (QED) is 0.689. The van der Waals surface area contributed by atoms with Crippen LogP contribution in [0, 0.1) is 18.3 Å². The lowest BCUT2D eigenvalue weighted by Crippen LogP contribution is -2.45. The first-order chi connectivity index (χ1) is 14.1. The number of aromatic nitrogens is 4. The van der Waals surface area contributed by atoms with E-state index in [0.29, 0.717) is 5.41 Å². The van der Waals surface area contributed by atoms with E-state index in [-0.39, 0.29) is 5.91 Å². The van der Waals surface area contributed by atoms with Gasteiger partial charge in [0.25, 0.3) is 5.91 Å². The fourth-order valence-corrected chi connectivity index (χ4v) is 4.88. The Morgan fingerprint density at radius 2 is 2.13 bits per heavy atom. The van der Waals surface area contributed by atoms with Gasteiger partial charge in [-0.05, 0) is 69.1 Å². The van der Waals surface area contributed by atoms with E-state index in [9.17, 15) is 4.79 Å². The number of H-pyrrole nitrogens is 2. The molecule has 1 fully saturated rings. The van der Waals surface area contributed by atoms with Gasteiger partial charge < -0.3 is 14.6 Å². The molecule has 2 N–H and O–H groups in total. The first kappa shape index (κ1) is 19.3. The third-order valence-electron chi connectivity index (χ3n) is 7.24. The number of aryl methyl sites for hydroxylation is 1. The molecule has 2 atom stereocenters. The standard InChI is InChI=1S/C23H29N5O2/c1-12-7-15-16(9-18(12)28(5)21(29)22(2,3)30-6)25-20(24-15)19-14-8-13-10-23(13,4)11-17(14)26-27-19/h7,9,13H,8,10-11H2,1-6H3,(H,24,25)(H,26,27)/t13-,23-/m1/s1. The number of rotatable bonds is 4. The number of likely N-dealkylation sites (N-methyl/N-ethyl adjacent to an activating group) is 1. The lowest BCUT2D eigenvalue weighted by molar-refractivity contribution is -0.136. The van der Waals surface area contributed by atoms with Crippen LogP contribution < -0.4 is 4.90 Å². The van der Waals surface area contributed by atoms with Gasteiger partial charge in [-0.2, -0.15) is 5.10 Å². The number of benzene rings is 1. The number of hydrogen-bond acceptors (Lipinski definition) is 4. The van der Waals surface area contributed by atoms with Crippen molar-refractivity contribution in [2.75, 3.05) is 19.1 Å². The fraction of sp³-hybridized carbons (Fsp3) is 0.522. The molecule has 0 saturated heterocycles. The second-order valence-corrected chi connectivity index (χ2v) is 9.79. The minimum absolute atomic E-state index is 0.0999. The summed E-state index contributed by atoms with van der Waals surface area (Å²) in [5, 5.41) is 7.85. The Balaban J connectivity index is 1.52. The molecule has 0 radical (unpaired) electrons. The molecule has 2 aliphatic carbocycles. The van der Waals surface area contributed by atoms with Gasteiger partial charge in [-0.3, -0.25) is 9.89 Å². The lowest BCUT2D eigenvalue weighted by atomic mass is 9.88. The second kappa shape index (κ2) is 6.17. The van der Waals surface area contributed by atoms with Crippen molar-refractivity contribution in [2.45, 2.75) is 52.6 Å². The molecule has 2 aromatic heterocycles. The first-order valence-electron chi connectivity index (χ1n) is 10.5. The van der Waals surface area contributed by atoms with Crippen LogP contribution in [0.25, 0.3) is 22.6 Å². The van der Waals surface area contributed by atoms with Crippen molar-refractivity contribution < 1.29 is 9.53 Å². The summed E-state index contributed by atoms with van der Waals surface area (Å²) < 4.78 is 5.37. The molecule has 3 aromatic rings. The minimum atomic E-state index is -0.891. The van der Waals surface area contributed by atoms with E-state index in [1.165, 1.54) is 17.7 Å². The maximum Gasteiger partial charge on any atom is 0.258 e. The van der Waals surface area contributed by atoms with Crippen LogP contribution in [0.3, 0.4) is 0 Å². The summed E-state index contributed by atoms with van der Waals surface area (Å²) in [7, 11) is 3.33. The van der Waals surface area contributed by atoms with Gasteiger partial charge >= 0.3 is 0 Å². The number of ether oxygens (including phenoxy) is 1. The Morgan fingerprint density at radius 1 is 1.37 bits per heavy atom. The Labute approximate surface area is 176 Å². The van der Waals surface area contributed by atoms with Crippen molar-refractivity contribution in [1.29, 1.82) is 0 Å². The Hall–Kier alpha value is -2.67. The number of nitrogens with one attached hydrogen (secondary N) is 2. The summed E-state index contributed by atoms with van der Waals surface area (Å²) in [5.41, 5.74) is 6.66. The van der Waals surface area contributed by atoms with E-state index in [4.69, 9.17) is 9.72 Å². The monoisotopic (exact) mass is 407 g/mol. The molecule has 2 heterocycles. The summed E-state index contributed by atoms with van der Waals surface area (Å²) >= 11 is 0. The van der Waals surface area contributed by atoms with E-state index in [0.717, 1.165) is 52.6 Å². The summed E-state index contributed by atoms with van der Waals surface area (Å²) in [6, 6.07) is 4.01. The molecule has 158 valence electrons. The highest BCUT2D eigenvalue weighted by molar-refractivity contribution is 6.00. The normalized spacial score (nSPS) is 22.7. The molecule has 7 heteroatoms. The molecule has 5 rings (SSSR count). The van der Waals surface area contributed by atoms with Crippen LogP contribution in [0.5, 0.6) is 0 Å². The van der Waals surface area contributed by atoms with Crippen molar-refractivity contribution in [3.8, 4) is 11.5 Å². The summed E-state index contributed by atoms with van der Waals surface area (Å²) in [6.07, 6.45) is 3.45. The largest absolute Gasteiger partial charge is 0.369 e. The van der Waals surface area contributed by atoms with Gasteiger partial charge in [0.05, 0.1) is 11.0 Å². The van der Waals surface area contributed by atoms with Gasteiger partial charge in [0.2, 0.25) is 0 Å². The SMILES string of the molecule is COC(C)(C)C(=O)N(C)c1cc2nc(-c3n[nH]c4c3C[C@@H]3C[C@]3(C)C4)[nH]c2cc1C. The molecule has 0 aliphatic heterocycles. The van der Waals surface area contributed by atoms with Crippen LogP contribution >= 0.6 is 0 Å². The van der Waals surface area contributed by atoms with E-state index in [1.807, 2.05) is 19.1 Å². The van der Waals surface area contributed by atoms with Crippen molar-refractivity contribution in [1.82, 2.24) is 20.2 Å². The predicted octanol–water partition coefficient (Wildman–Crippen LogP) is 3.77. The summed E-state index contributed by atoms with van der Waals surface area (Å²) in [4.78, 5) is 22.8. The minimum Gasteiger partial charge on any atom is -0.369 e. The van der Waals surface area contributed by atoms with Crippen molar-refractivity contribution >= 4 is 22.6 Å². The topological polar surface area (TPSA) is 86.9 Å². The van der Waals surface area contributed by atoms with Gasteiger partial charge in [0, 0.05) is 31.1 Å². The number of carbonyl (C=O) groups is 1. The number of anilines is 1. The zero-order chi connectivity index (χ0) is 21.4. The van der Waals surface area contributed by atoms with E-state index in [2.05, 4.69) is 22.1 Å². The second-order valence-electron chi connectivity index (χ2n) is 9.79. The Morgan fingerprint density at radius 3 is 2.87 bits per heavy atom. The molecular formula is C23H29N5O2. The number of hydrogen-bond donors (Lipinski definition) is 2. The number of fused-ring (bicyclic) bond motifs is 3. The zero-order valence-electron chi connectivity index (χ0n) is 18.5. The summed E-state index contributed by atoms with van der Waals surface area (Å²) in [6.45, 7) is 7.92. The van der Waals surface area contributed by atoms with Crippen LogP contribution in [0.4, 0.5) is 5.69 Å². The van der Waals surface area contributed by atoms with E-state index >= 15 is 0 Å². The number of aromatic amines is 2. The zero-order valence-corrected chi connectivity index (χ0v) is 18.5. The van der Waals surface area contributed by atoms with Gasteiger partial charge in [-0.15, -0.1) is 0 Å². The summed E-state index contributed by atoms with van der Waals surface area (Å²) in [5.74, 6) is 1.45. The smallest absolute Gasteiger partial charge is 0.258 e. The van der Waals surface area contributed by atoms with Crippen molar-refractivity contribution in [3.05, 3.63) is 29.0 Å². The number of carbonyl (C=O) groups excluding carboxylic acids is 1. The lowest BCUT2D eigenvalue weighted by Gasteiger charge is -2.29. The van der Waals surface area contributed by atoms with Crippen LogP contribution in [0.15, 0.2) is 12.1 Å². The average molecular weight is 408 g/mol. The molecule has 1 amide bonds. The van der Waals surface area contributed by atoms with Gasteiger partial charge in [0.1, 0.15) is 11.3 Å². The third kappa shape index (κ3) is 2.79. The number of amides is 1. The Kier molecular flexibility index (Phi) is 3.97. The van der Waals surface area contributed by atoms with Gasteiger partial charge in [-0.1, -0.05) is 6.92 Å². The first-order valence-corrected chi connectivity index (χ1v) is 10.5. The average Bonchev–Trinajstić information content (AvgIpc) is 3.00. The van der Waals surface area contributed by atoms with Gasteiger partial charge in [0.15, 0.2) is 5.82 Å². The number of methoxy groups -OCH3 is 1. The molecular weight excluding hydrogens is 378 g/mol. The highest BCUT2D eigenvalue weighted by Gasteiger charge is 2.53. The maximum atomic E-state index is 12.9. The van der Waals surface area contributed by atoms with Gasteiger partial charge in [-0.25, -0.2) is 4.98 Å². The highest BCUT2D eigenvalue weighted by atomic mass is 16.5. The molecule has 0 spiro atoms.